The van der Waals surface area contributed by atoms with E-state index in [1.807, 2.05) is 20.8 Å². The number of nitrogens with two attached hydrogens (primary N) is 1. The number of nitrogens with one attached hydrogen (secondary N) is 2. The molecule has 0 aromatic heterocycles. The lowest BCUT2D eigenvalue weighted by molar-refractivity contribution is -0.126. The molecule has 106 valence electrons. The van der Waals surface area contributed by atoms with Crippen molar-refractivity contribution in [2.24, 2.45) is 11.7 Å². The molecule has 0 saturated carbocycles. The second-order valence-corrected chi connectivity index (χ2v) is 4.93. The number of rotatable bonds is 7. The van der Waals surface area contributed by atoms with Crippen LogP contribution in [0.5, 0.6) is 0 Å². The van der Waals surface area contributed by atoms with Crippen LogP contribution < -0.4 is 16.4 Å². The van der Waals surface area contributed by atoms with Gasteiger partial charge in [0.15, 0.2) is 0 Å². The van der Waals surface area contributed by atoms with E-state index >= 15 is 0 Å². The van der Waals surface area contributed by atoms with E-state index in [-0.39, 0.29) is 18.4 Å². The zero-order valence-corrected chi connectivity index (χ0v) is 11.6. The van der Waals surface area contributed by atoms with Gasteiger partial charge in [-0.3, -0.25) is 4.79 Å². The van der Waals surface area contributed by atoms with Gasteiger partial charge in [0.1, 0.15) is 6.04 Å². The molecule has 0 saturated heterocycles. The van der Waals surface area contributed by atoms with Gasteiger partial charge in [-0.1, -0.05) is 27.2 Å². The van der Waals surface area contributed by atoms with Gasteiger partial charge in [-0.2, -0.15) is 0 Å². The molecule has 6 nitrogen and oxygen atoms in total. The fourth-order valence-electron chi connectivity index (χ4n) is 1.47. The maximum atomic E-state index is 12.1. The van der Waals surface area contributed by atoms with E-state index in [0.717, 1.165) is 6.42 Å². The highest BCUT2D eigenvalue weighted by Gasteiger charge is 2.30. The van der Waals surface area contributed by atoms with Crippen molar-refractivity contribution < 1.29 is 14.7 Å². The van der Waals surface area contributed by atoms with Gasteiger partial charge in [-0.05, 0) is 19.3 Å². The van der Waals surface area contributed by atoms with Crippen LogP contribution >= 0.6 is 0 Å². The van der Waals surface area contributed by atoms with Crippen molar-refractivity contribution >= 4 is 11.9 Å². The summed E-state index contributed by atoms with van der Waals surface area (Å²) in [4.78, 5) is 23.0. The maximum Gasteiger partial charge on any atom is 0.312 e. The molecule has 0 aliphatic heterocycles. The van der Waals surface area contributed by atoms with E-state index in [1.165, 1.54) is 0 Å². The first-order valence-electron chi connectivity index (χ1n) is 6.28. The van der Waals surface area contributed by atoms with Gasteiger partial charge < -0.3 is 21.5 Å². The number of aliphatic hydroxyl groups is 1. The number of hydrogen-bond donors (Lipinski definition) is 4. The standard InChI is InChI=1S/C12H25N3O3/c1-5-8(3)9(14-11(13)18)10(17)15-12(4,6-2)7-16/h8-9,16H,5-7H2,1-4H3,(H,15,17)(H3,13,14,18). The molecule has 0 heterocycles. The van der Waals surface area contributed by atoms with E-state index in [4.69, 9.17) is 5.73 Å². The maximum absolute atomic E-state index is 12.1. The van der Waals surface area contributed by atoms with Crippen LogP contribution in [0.2, 0.25) is 0 Å². The Morgan fingerprint density at radius 2 is 1.94 bits per heavy atom. The zero-order chi connectivity index (χ0) is 14.3. The Bertz CT molecular complexity index is 290. The molecule has 0 rings (SSSR count). The Morgan fingerprint density at radius 3 is 2.28 bits per heavy atom. The Balaban J connectivity index is 4.80. The largest absolute Gasteiger partial charge is 0.394 e. The highest BCUT2D eigenvalue weighted by molar-refractivity contribution is 5.87. The molecule has 0 bridgehead atoms. The fourth-order valence-corrected chi connectivity index (χ4v) is 1.47. The third-order valence-electron chi connectivity index (χ3n) is 3.35. The number of urea groups is 1. The highest BCUT2D eigenvalue weighted by atomic mass is 16.3. The first-order valence-corrected chi connectivity index (χ1v) is 6.28. The average Bonchev–Trinajstić information content (AvgIpc) is 2.34. The van der Waals surface area contributed by atoms with Gasteiger partial charge in [0.25, 0.3) is 0 Å². The lowest BCUT2D eigenvalue weighted by atomic mass is 9.95. The predicted molar refractivity (Wildman–Crippen MR) is 69.9 cm³/mol. The summed E-state index contributed by atoms with van der Waals surface area (Å²) in [6.45, 7) is 7.26. The van der Waals surface area contributed by atoms with Gasteiger partial charge in [-0.15, -0.1) is 0 Å². The normalized spacial score (nSPS) is 17.4. The minimum Gasteiger partial charge on any atom is -0.394 e. The Kier molecular flexibility index (Phi) is 6.68. The van der Waals surface area contributed by atoms with Crippen LogP contribution in [0.3, 0.4) is 0 Å². The van der Waals surface area contributed by atoms with Gasteiger partial charge >= 0.3 is 6.03 Å². The lowest BCUT2D eigenvalue weighted by Crippen LogP contribution is -2.58. The van der Waals surface area contributed by atoms with Crippen LogP contribution in [0.15, 0.2) is 0 Å². The van der Waals surface area contributed by atoms with E-state index in [9.17, 15) is 14.7 Å². The lowest BCUT2D eigenvalue weighted by Gasteiger charge is -2.31. The molecular weight excluding hydrogens is 234 g/mol. The molecule has 0 aromatic rings. The summed E-state index contributed by atoms with van der Waals surface area (Å²) >= 11 is 0. The fraction of sp³-hybridized carbons (Fsp3) is 0.833. The zero-order valence-electron chi connectivity index (χ0n) is 11.6. The van der Waals surface area contributed by atoms with Gasteiger partial charge in [0.2, 0.25) is 5.91 Å². The number of carbonyl (C=O) groups is 2. The number of carbonyl (C=O) groups excluding carboxylic acids is 2. The third kappa shape index (κ3) is 4.91. The molecule has 0 spiro atoms. The van der Waals surface area contributed by atoms with Crippen LogP contribution in [-0.2, 0) is 4.79 Å². The predicted octanol–water partition coefficient (Wildman–Crippen LogP) is 0.347. The molecule has 0 aliphatic rings. The van der Waals surface area contributed by atoms with Crippen molar-refractivity contribution in [3.8, 4) is 0 Å². The Hall–Kier alpha value is -1.30. The topological polar surface area (TPSA) is 104 Å². The van der Waals surface area contributed by atoms with Crippen molar-refractivity contribution in [3.63, 3.8) is 0 Å². The summed E-state index contributed by atoms with van der Waals surface area (Å²) in [5, 5.41) is 14.5. The third-order valence-corrected chi connectivity index (χ3v) is 3.35. The molecule has 3 atom stereocenters. The van der Waals surface area contributed by atoms with Crippen molar-refractivity contribution in [2.75, 3.05) is 6.61 Å². The number of hydrogen-bond acceptors (Lipinski definition) is 3. The molecule has 0 radical (unpaired) electrons. The highest BCUT2D eigenvalue weighted by Crippen LogP contribution is 2.12. The quantitative estimate of drug-likeness (QED) is 0.530. The number of aliphatic hydroxyl groups excluding tert-OH is 1. The van der Waals surface area contributed by atoms with E-state index in [2.05, 4.69) is 10.6 Å². The van der Waals surface area contributed by atoms with Crippen LogP contribution in [0, 0.1) is 5.92 Å². The Morgan fingerprint density at radius 1 is 1.39 bits per heavy atom. The average molecular weight is 259 g/mol. The summed E-state index contributed by atoms with van der Waals surface area (Å²) in [6.07, 6.45) is 1.33. The molecule has 3 unspecified atom stereocenters. The van der Waals surface area contributed by atoms with Crippen molar-refractivity contribution in [1.82, 2.24) is 10.6 Å². The van der Waals surface area contributed by atoms with Crippen molar-refractivity contribution in [3.05, 3.63) is 0 Å². The molecule has 18 heavy (non-hydrogen) atoms. The summed E-state index contributed by atoms with van der Waals surface area (Å²) in [7, 11) is 0. The van der Waals surface area contributed by atoms with Crippen LogP contribution in [0.25, 0.3) is 0 Å². The van der Waals surface area contributed by atoms with Gasteiger partial charge in [0, 0.05) is 0 Å². The second-order valence-electron chi connectivity index (χ2n) is 4.93. The Labute approximate surface area is 108 Å². The molecule has 0 aliphatic carbocycles. The minimum atomic E-state index is -0.724. The van der Waals surface area contributed by atoms with E-state index in [1.54, 1.807) is 6.92 Å². The minimum absolute atomic E-state index is 0.0303. The molecule has 5 N–H and O–H groups in total. The summed E-state index contributed by atoms with van der Waals surface area (Å²) < 4.78 is 0. The van der Waals surface area contributed by atoms with Crippen molar-refractivity contribution in [2.45, 2.75) is 52.1 Å². The monoisotopic (exact) mass is 259 g/mol. The number of primary amides is 1. The van der Waals surface area contributed by atoms with E-state index in [0.29, 0.717) is 6.42 Å². The SMILES string of the molecule is CCC(C)C(NC(N)=O)C(=O)NC(C)(CC)CO. The number of amides is 3. The molecule has 6 heteroatoms. The first-order chi connectivity index (χ1) is 8.29. The van der Waals surface area contributed by atoms with Crippen LogP contribution in [0.1, 0.15) is 40.5 Å². The summed E-state index contributed by atoms with van der Waals surface area (Å²) in [6, 6.07) is -1.40. The van der Waals surface area contributed by atoms with Gasteiger partial charge in [-0.25, -0.2) is 4.79 Å². The molecule has 0 aromatic carbocycles. The van der Waals surface area contributed by atoms with Crippen LogP contribution in [0.4, 0.5) is 4.79 Å². The smallest absolute Gasteiger partial charge is 0.312 e. The summed E-state index contributed by atoms with van der Waals surface area (Å²) in [5.74, 6) is -0.348. The van der Waals surface area contributed by atoms with E-state index < -0.39 is 17.6 Å². The van der Waals surface area contributed by atoms with Crippen molar-refractivity contribution in [1.29, 1.82) is 0 Å². The molecular formula is C12H25N3O3. The molecule has 0 fully saturated rings. The molecule has 3 amide bonds. The first kappa shape index (κ1) is 16.7. The summed E-state index contributed by atoms with van der Waals surface area (Å²) in [5.41, 5.74) is 4.39. The second kappa shape index (κ2) is 7.20. The van der Waals surface area contributed by atoms with Gasteiger partial charge in [0.05, 0.1) is 12.1 Å². The van der Waals surface area contributed by atoms with Crippen LogP contribution in [-0.4, -0.2) is 35.2 Å².